The van der Waals surface area contributed by atoms with Crippen LogP contribution in [0.4, 0.5) is 0 Å². The summed E-state index contributed by atoms with van der Waals surface area (Å²) in [6.07, 6.45) is 1.50. The van der Waals surface area contributed by atoms with Crippen molar-refractivity contribution < 1.29 is 17.9 Å². The van der Waals surface area contributed by atoms with Gasteiger partial charge in [0.05, 0.1) is 10.5 Å². The molecular formula is C12H15BrN2O4S. The van der Waals surface area contributed by atoms with Crippen molar-refractivity contribution >= 4 is 31.9 Å². The highest BCUT2D eigenvalue weighted by molar-refractivity contribution is 9.10. The Kier molecular flexibility index (Phi) is 4.79. The second-order valence-electron chi connectivity index (χ2n) is 4.55. The zero-order valence-corrected chi connectivity index (χ0v) is 13.0. The number of ether oxygens (including phenoxy) is 1. The highest BCUT2D eigenvalue weighted by Crippen LogP contribution is 2.21. The van der Waals surface area contributed by atoms with E-state index >= 15 is 0 Å². The number of carbonyl (C=O) groups excluding carboxylic acids is 1. The lowest BCUT2D eigenvalue weighted by molar-refractivity contribution is 0.0696. The average Bonchev–Trinajstić information content (AvgIpc) is 2.39. The fourth-order valence-electron chi connectivity index (χ4n) is 1.96. The first-order valence-corrected chi connectivity index (χ1v) is 8.43. The molecule has 110 valence electrons. The summed E-state index contributed by atoms with van der Waals surface area (Å²) >= 11 is 3.24. The van der Waals surface area contributed by atoms with E-state index in [1.54, 1.807) is 0 Å². The van der Waals surface area contributed by atoms with E-state index in [9.17, 15) is 13.2 Å². The number of nitrogens with one attached hydrogen (secondary N) is 1. The van der Waals surface area contributed by atoms with Crippen LogP contribution >= 0.6 is 15.9 Å². The molecule has 6 nitrogen and oxygen atoms in total. The Hall–Kier alpha value is -0.960. The average molecular weight is 363 g/mol. The number of primary sulfonamides is 1. The van der Waals surface area contributed by atoms with Crippen molar-refractivity contribution in [3.63, 3.8) is 0 Å². The molecule has 1 aliphatic rings. The highest BCUT2D eigenvalue weighted by Gasteiger charge is 2.20. The monoisotopic (exact) mass is 362 g/mol. The Morgan fingerprint density at radius 2 is 2.00 bits per heavy atom. The summed E-state index contributed by atoms with van der Waals surface area (Å²) < 4.78 is 28.4. The van der Waals surface area contributed by atoms with E-state index < -0.39 is 10.0 Å². The van der Waals surface area contributed by atoms with Crippen LogP contribution in [0.2, 0.25) is 0 Å². The zero-order valence-electron chi connectivity index (χ0n) is 10.6. The van der Waals surface area contributed by atoms with Crippen LogP contribution in [0.3, 0.4) is 0 Å². The van der Waals surface area contributed by atoms with Crippen molar-refractivity contribution in [1.82, 2.24) is 5.32 Å². The van der Waals surface area contributed by atoms with Crippen molar-refractivity contribution in [2.24, 2.45) is 5.14 Å². The quantitative estimate of drug-likeness (QED) is 0.837. The lowest BCUT2D eigenvalue weighted by atomic mass is 10.1. The number of sulfonamides is 1. The van der Waals surface area contributed by atoms with Crippen molar-refractivity contribution in [3.05, 3.63) is 28.2 Å². The van der Waals surface area contributed by atoms with Crippen molar-refractivity contribution in [2.45, 2.75) is 23.8 Å². The van der Waals surface area contributed by atoms with Crippen LogP contribution in [-0.4, -0.2) is 33.6 Å². The third-order valence-corrected chi connectivity index (χ3v) is 4.67. The van der Waals surface area contributed by atoms with Gasteiger partial charge in [-0.05, 0) is 47.0 Å². The molecule has 1 amide bonds. The molecule has 0 spiro atoms. The van der Waals surface area contributed by atoms with Gasteiger partial charge in [-0.3, -0.25) is 4.79 Å². The number of halogens is 1. The van der Waals surface area contributed by atoms with Crippen LogP contribution in [0.25, 0.3) is 0 Å². The zero-order chi connectivity index (χ0) is 14.8. The molecule has 1 aliphatic heterocycles. The summed E-state index contributed by atoms with van der Waals surface area (Å²) in [5, 5.41) is 7.94. The van der Waals surface area contributed by atoms with Gasteiger partial charge in [0, 0.05) is 23.7 Å². The normalized spacial score (nSPS) is 16.9. The first-order valence-electron chi connectivity index (χ1n) is 6.09. The molecule has 20 heavy (non-hydrogen) atoms. The lowest BCUT2D eigenvalue weighted by Gasteiger charge is -2.23. The molecule has 1 heterocycles. The lowest BCUT2D eigenvalue weighted by Crippen LogP contribution is -2.39. The maximum absolute atomic E-state index is 12.2. The van der Waals surface area contributed by atoms with Gasteiger partial charge in [-0.15, -0.1) is 0 Å². The van der Waals surface area contributed by atoms with Crippen LogP contribution in [0.5, 0.6) is 0 Å². The number of hydrogen-bond acceptors (Lipinski definition) is 4. The predicted molar refractivity (Wildman–Crippen MR) is 76.8 cm³/mol. The number of carbonyl (C=O) groups is 1. The number of amides is 1. The van der Waals surface area contributed by atoms with Gasteiger partial charge in [0.15, 0.2) is 0 Å². The number of nitrogens with two attached hydrogens (primary N) is 1. The maximum Gasteiger partial charge on any atom is 0.252 e. The first-order chi connectivity index (χ1) is 9.38. The number of rotatable bonds is 3. The number of hydrogen-bond donors (Lipinski definition) is 2. The third kappa shape index (κ3) is 3.78. The number of benzene rings is 1. The Morgan fingerprint density at radius 3 is 2.60 bits per heavy atom. The predicted octanol–water partition coefficient (Wildman–Crippen LogP) is 1.01. The van der Waals surface area contributed by atoms with E-state index in [1.165, 1.54) is 18.2 Å². The molecule has 0 atom stereocenters. The minimum Gasteiger partial charge on any atom is -0.381 e. The molecule has 8 heteroatoms. The van der Waals surface area contributed by atoms with Gasteiger partial charge in [-0.2, -0.15) is 0 Å². The van der Waals surface area contributed by atoms with E-state index in [-0.39, 0.29) is 22.4 Å². The molecule has 0 aromatic heterocycles. The fourth-order valence-corrected chi connectivity index (χ4v) is 2.93. The summed E-state index contributed by atoms with van der Waals surface area (Å²) in [6.45, 7) is 1.23. The largest absolute Gasteiger partial charge is 0.381 e. The molecule has 1 aromatic carbocycles. The van der Waals surface area contributed by atoms with Gasteiger partial charge >= 0.3 is 0 Å². The molecular weight excluding hydrogens is 348 g/mol. The standard InChI is InChI=1S/C12H15BrN2O4S/c13-11-2-1-9(20(14,17)18)7-10(11)12(16)15-8-3-5-19-6-4-8/h1-2,7-8H,3-6H2,(H,15,16)(H2,14,17,18). The summed E-state index contributed by atoms with van der Waals surface area (Å²) in [5.74, 6) is -0.325. The van der Waals surface area contributed by atoms with E-state index in [0.717, 1.165) is 12.8 Å². The summed E-state index contributed by atoms with van der Waals surface area (Å²) in [5.41, 5.74) is 0.253. The molecule has 1 saturated heterocycles. The SMILES string of the molecule is NS(=O)(=O)c1ccc(Br)c(C(=O)NC2CCOCC2)c1. The second kappa shape index (κ2) is 6.21. The van der Waals surface area contributed by atoms with Gasteiger partial charge < -0.3 is 10.1 Å². The second-order valence-corrected chi connectivity index (χ2v) is 6.96. The van der Waals surface area contributed by atoms with Crippen LogP contribution < -0.4 is 10.5 Å². The van der Waals surface area contributed by atoms with Gasteiger partial charge in [0.25, 0.3) is 5.91 Å². The van der Waals surface area contributed by atoms with Crippen LogP contribution in [0, 0.1) is 0 Å². The first kappa shape index (κ1) is 15.4. The molecule has 2 rings (SSSR count). The van der Waals surface area contributed by atoms with E-state index in [1.807, 2.05) is 0 Å². The van der Waals surface area contributed by atoms with Crippen LogP contribution in [0.15, 0.2) is 27.6 Å². The third-order valence-electron chi connectivity index (χ3n) is 3.07. The van der Waals surface area contributed by atoms with Crippen LogP contribution in [0.1, 0.15) is 23.2 Å². The van der Waals surface area contributed by atoms with E-state index in [0.29, 0.717) is 17.7 Å². The molecule has 0 saturated carbocycles. The summed E-state index contributed by atoms with van der Waals surface area (Å²) in [7, 11) is -3.83. The molecule has 0 bridgehead atoms. The summed E-state index contributed by atoms with van der Waals surface area (Å²) in [6, 6.07) is 4.17. The smallest absolute Gasteiger partial charge is 0.252 e. The van der Waals surface area contributed by atoms with Crippen molar-refractivity contribution in [2.75, 3.05) is 13.2 Å². The maximum atomic E-state index is 12.2. The Labute approximate surface area is 125 Å². The topological polar surface area (TPSA) is 98.5 Å². The van der Waals surface area contributed by atoms with Gasteiger partial charge in [0.2, 0.25) is 10.0 Å². The highest BCUT2D eigenvalue weighted by atomic mass is 79.9. The summed E-state index contributed by atoms with van der Waals surface area (Å²) in [4.78, 5) is 12.1. The Morgan fingerprint density at radius 1 is 1.35 bits per heavy atom. The molecule has 0 aliphatic carbocycles. The molecule has 1 fully saturated rings. The molecule has 3 N–H and O–H groups in total. The van der Waals surface area contributed by atoms with Gasteiger partial charge in [-0.1, -0.05) is 0 Å². The van der Waals surface area contributed by atoms with E-state index in [2.05, 4.69) is 21.2 Å². The van der Waals surface area contributed by atoms with Crippen molar-refractivity contribution in [1.29, 1.82) is 0 Å². The minimum atomic E-state index is -3.83. The Bertz CT molecular complexity index is 612. The van der Waals surface area contributed by atoms with Gasteiger partial charge in [-0.25, -0.2) is 13.6 Å². The van der Waals surface area contributed by atoms with Gasteiger partial charge in [0.1, 0.15) is 0 Å². The van der Waals surface area contributed by atoms with Crippen LogP contribution in [-0.2, 0) is 14.8 Å². The Balaban J connectivity index is 2.20. The fraction of sp³-hybridized carbons (Fsp3) is 0.417. The molecule has 0 radical (unpaired) electrons. The molecule has 0 unspecified atom stereocenters. The van der Waals surface area contributed by atoms with E-state index in [4.69, 9.17) is 9.88 Å². The molecule has 1 aromatic rings. The minimum absolute atomic E-state index is 0.0429. The van der Waals surface area contributed by atoms with Crippen molar-refractivity contribution in [3.8, 4) is 0 Å².